The Morgan fingerprint density at radius 2 is 2.07 bits per heavy atom. The van der Waals surface area contributed by atoms with Crippen LogP contribution in [0.15, 0.2) is 42.4 Å². The Labute approximate surface area is 178 Å². The fraction of sp³-hybridized carbons (Fsp3) is 0.273. The number of carbonyl (C=O) groups excluding carboxylic acids is 2. The van der Waals surface area contributed by atoms with E-state index in [0.29, 0.717) is 10.9 Å². The van der Waals surface area contributed by atoms with Crippen LogP contribution in [0.4, 0.5) is 0 Å². The lowest BCUT2D eigenvalue weighted by atomic mass is 9.86. The third kappa shape index (κ3) is 2.24. The molecule has 2 amide bonds. The Morgan fingerprint density at radius 3 is 2.97 bits per heavy atom. The van der Waals surface area contributed by atoms with Gasteiger partial charge in [0.2, 0.25) is 18.6 Å². The molecule has 1 unspecified atom stereocenters. The molecule has 29 heavy (non-hydrogen) atoms. The van der Waals surface area contributed by atoms with Gasteiger partial charge in [0.15, 0.2) is 11.5 Å². The Balaban J connectivity index is 1.75. The smallest absolute Gasteiger partial charge is 0.245 e. The van der Waals surface area contributed by atoms with E-state index in [1.54, 1.807) is 24.3 Å². The van der Waals surface area contributed by atoms with Crippen LogP contribution in [-0.4, -0.2) is 53.0 Å². The number of benzene rings is 2. The van der Waals surface area contributed by atoms with Crippen LogP contribution in [0, 0.1) is 0 Å². The Morgan fingerprint density at radius 1 is 1.24 bits per heavy atom. The van der Waals surface area contributed by atoms with E-state index in [2.05, 4.69) is 4.98 Å². The Bertz CT molecular complexity index is 1560. The minimum Gasteiger partial charge on any atom is -0.454 e. The first kappa shape index (κ1) is 10.3. The van der Waals surface area contributed by atoms with Crippen molar-refractivity contribution < 1.29 is 30.0 Å². The second-order valence-corrected chi connectivity index (χ2v) is 6.99. The van der Waals surface area contributed by atoms with Gasteiger partial charge in [0.25, 0.3) is 0 Å². The first-order chi connectivity index (χ1) is 17.2. The average molecular weight is 397 g/mol. The number of nitrogens with zero attached hydrogens (tertiary/aromatic N) is 2. The third-order valence-electron chi connectivity index (χ3n) is 5.27. The molecule has 7 heteroatoms. The molecule has 3 aliphatic heterocycles. The molecule has 0 saturated carbocycles. The van der Waals surface area contributed by atoms with E-state index in [4.69, 9.17) is 19.1 Å². The van der Waals surface area contributed by atoms with E-state index < -0.39 is 73.2 Å². The zero-order valence-electron chi connectivity index (χ0n) is 23.1. The SMILES string of the molecule is [2H]c1c([2H])c(C2c3[nH]c4ccccc4c3C([2H])([2H])[C@]3([2H])C(=O)N(C)CC(=O)N23)c([2H])c2c1OC([2H])([2H])O2. The molecule has 0 spiro atoms. The van der Waals surface area contributed by atoms with Crippen molar-refractivity contribution in [2.75, 3.05) is 20.3 Å². The maximum absolute atomic E-state index is 13.5. The Hall–Kier alpha value is -3.48. The van der Waals surface area contributed by atoms with Crippen molar-refractivity contribution in [3.05, 3.63) is 59.2 Å². The van der Waals surface area contributed by atoms with Crippen molar-refractivity contribution in [1.29, 1.82) is 0 Å². The molecule has 7 nitrogen and oxygen atoms in total. The van der Waals surface area contributed by atoms with Gasteiger partial charge in [-0.2, -0.15) is 0 Å². The molecule has 3 aliphatic rings. The van der Waals surface area contributed by atoms with E-state index in [1.807, 2.05) is 0 Å². The van der Waals surface area contributed by atoms with Gasteiger partial charge in [-0.1, -0.05) is 24.2 Å². The lowest BCUT2D eigenvalue weighted by molar-refractivity contribution is -0.157. The maximum Gasteiger partial charge on any atom is 0.245 e. The second-order valence-electron chi connectivity index (χ2n) is 6.99. The van der Waals surface area contributed by atoms with Gasteiger partial charge in [-0.15, -0.1) is 0 Å². The number of fused-ring (bicyclic) bond motifs is 5. The highest BCUT2D eigenvalue weighted by Crippen LogP contribution is 2.44. The highest BCUT2D eigenvalue weighted by molar-refractivity contribution is 5.97. The summed E-state index contributed by atoms with van der Waals surface area (Å²) < 4.78 is 78.8. The summed E-state index contributed by atoms with van der Waals surface area (Å²) in [6, 6.07) is 0.464. The summed E-state index contributed by atoms with van der Waals surface area (Å²) in [5.41, 5.74) is 0.0900. The molecule has 0 bridgehead atoms. The summed E-state index contributed by atoms with van der Waals surface area (Å²) in [5, 5.41) is 0.355. The predicted molar refractivity (Wildman–Crippen MR) is 105 cm³/mol. The van der Waals surface area contributed by atoms with E-state index in [-0.39, 0.29) is 16.8 Å². The lowest BCUT2D eigenvalue weighted by Crippen LogP contribution is -2.62. The molecular weight excluding hydrogens is 370 g/mol. The van der Waals surface area contributed by atoms with Crippen LogP contribution < -0.4 is 9.47 Å². The number of carbonyl (C=O) groups is 2. The molecule has 1 saturated heterocycles. The summed E-state index contributed by atoms with van der Waals surface area (Å²) in [7, 11) is 1.29. The third-order valence-corrected chi connectivity index (χ3v) is 5.27. The van der Waals surface area contributed by atoms with Crippen molar-refractivity contribution in [2.24, 2.45) is 0 Å². The first-order valence-electron chi connectivity index (χ1n) is 12.9. The molecule has 4 heterocycles. The van der Waals surface area contributed by atoms with Crippen molar-refractivity contribution in [2.45, 2.75) is 18.4 Å². The topological polar surface area (TPSA) is 74.9 Å². The van der Waals surface area contributed by atoms with Gasteiger partial charge in [-0.25, -0.2) is 0 Å². The molecular formula is C22H19N3O4. The Kier molecular flexibility index (Phi) is 2.05. The van der Waals surface area contributed by atoms with Gasteiger partial charge in [0.1, 0.15) is 8.76 Å². The first-order valence-corrected chi connectivity index (χ1v) is 8.93. The lowest BCUT2D eigenvalue weighted by Gasteiger charge is -2.46. The minimum atomic E-state index is -2.81. The number of aromatic nitrogens is 1. The predicted octanol–water partition coefficient (Wildman–Crippen LogP) is 2.21. The standard InChI is InChI=1S/C22H19N3O4/c1-24-10-19(26)25-16(22(24)27)9-14-13-4-2-3-5-15(13)23-20(14)21(25)12-6-7-17-18(8-12)29-11-28-17/h2-8,16,21,23H,9-11H2,1H3/t16-,21?/m1/s1/i6D,7D,8D,9D2,11D2,16D. The van der Waals surface area contributed by atoms with E-state index in [0.717, 1.165) is 9.80 Å². The van der Waals surface area contributed by atoms with Crippen LogP contribution in [0.1, 0.15) is 33.8 Å². The normalized spacial score (nSPS) is 32.8. The van der Waals surface area contributed by atoms with Crippen LogP contribution >= 0.6 is 0 Å². The maximum atomic E-state index is 13.5. The number of para-hydroxylation sites is 1. The second kappa shape index (κ2) is 5.76. The zero-order chi connectivity index (χ0) is 26.8. The molecule has 1 aromatic heterocycles. The van der Waals surface area contributed by atoms with E-state index in [1.165, 1.54) is 7.05 Å². The number of piperazine rings is 1. The van der Waals surface area contributed by atoms with Gasteiger partial charge >= 0.3 is 0 Å². The number of H-pyrrole nitrogens is 1. The number of rotatable bonds is 1. The van der Waals surface area contributed by atoms with Crippen molar-refractivity contribution in [1.82, 2.24) is 14.8 Å². The monoisotopic (exact) mass is 397 g/mol. The van der Waals surface area contributed by atoms with Gasteiger partial charge < -0.3 is 24.3 Å². The number of aromatic amines is 1. The van der Waals surface area contributed by atoms with Crippen LogP contribution in [0.2, 0.25) is 0 Å². The van der Waals surface area contributed by atoms with Gasteiger partial charge in [-0.05, 0) is 29.3 Å². The number of hydrogen-bond acceptors (Lipinski definition) is 4. The highest BCUT2D eigenvalue weighted by atomic mass is 16.7. The summed E-state index contributed by atoms with van der Waals surface area (Å²) in [6.07, 6.45) is -2.72. The quantitative estimate of drug-likeness (QED) is 0.683. The van der Waals surface area contributed by atoms with E-state index >= 15 is 0 Å². The summed E-state index contributed by atoms with van der Waals surface area (Å²) in [4.78, 5) is 31.7. The molecule has 0 radical (unpaired) electrons. The highest BCUT2D eigenvalue weighted by Gasteiger charge is 2.47. The molecule has 1 N–H and O–H groups in total. The fourth-order valence-corrected chi connectivity index (χ4v) is 3.95. The minimum absolute atomic E-state index is 0.0445. The van der Waals surface area contributed by atoms with Gasteiger partial charge in [-0.3, -0.25) is 9.59 Å². The largest absolute Gasteiger partial charge is 0.454 e. The van der Waals surface area contributed by atoms with Crippen molar-refractivity contribution in [3.63, 3.8) is 0 Å². The van der Waals surface area contributed by atoms with Gasteiger partial charge in [0, 0.05) is 32.8 Å². The molecule has 2 atom stereocenters. The zero-order valence-corrected chi connectivity index (χ0v) is 15.1. The van der Waals surface area contributed by atoms with Crippen LogP contribution in [0.25, 0.3) is 10.9 Å². The van der Waals surface area contributed by atoms with Gasteiger partial charge in [0.05, 0.1) is 18.1 Å². The fourth-order valence-electron chi connectivity index (χ4n) is 3.95. The summed E-state index contributed by atoms with van der Waals surface area (Å²) in [5.74, 6) is -2.70. The number of ether oxygens (including phenoxy) is 2. The van der Waals surface area contributed by atoms with Crippen LogP contribution in [0.3, 0.4) is 0 Å². The average Bonchev–Trinajstić information content (AvgIpc) is 3.37. The number of nitrogens with one attached hydrogen (secondary N) is 1. The van der Waals surface area contributed by atoms with Crippen LogP contribution in [0.5, 0.6) is 11.5 Å². The van der Waals surface area contributed by atoms with Crippen molar-refractivity contribution in [3.8, 4) is 11.5 Å². The van der Waals surface area contributed by atoms with Crippen molar-refractivity contribution >= 4 is 22.7 Å². The molecule has 3 aromatic rings. The molecule has 146 valence electrons. The summed E-state index contributed by atoms with van der Waals surface area (Å²) in [6.45, 7) is -3.17. The number of amides is 2. The molecule has 1 fully saturated rings. The molecule has 0 aliphatic carbocycles. The molecule has 6 rings (SSSR count). The number of hydrogen-bond donors (Lipinski definition) is 1. The van der Waals surface area contributed by atoms with Crippen LogP contribution in [-0.2, 0) is 16.0 Å². The summed E-state index contributed by atoms with van der Waals surface area (Å²) >= 11 is 0. The molecule has 2 aromatic carbocycles. The van der Waals surface area contributed by atoms with E-state index in [9.17, 15) is 11.0 Å². The number of likely N-dealkylation sites (N-methyl/N-ethyl adjacent to an activating group) is 1.